The van der Waals surface area contributed by atoms with Crippen molar-refractivity contribution in [3.05, 3.63) is 47.7 Å². The van der Waals surface area contributed by atoms with Crippen LogP contribution in [0.1, 0.15) is 16.6 Å². The van der Waals surface area contributed by atoms with Gasteiger partial charge in [0.05, 0.1) is 0 Å². The predicted molar refractivity (Wildman–Crippen MR) is 96.6 cm³/mol. The molecule has 2 aromatic heterocycles. The number of carbonyl (C=O) groups is 1. The van der Waals surface area contributed by atoms with Crippen molar-refractivity contribution in [2.24, 2.45) is 0 Å². The smallest absolute Gasteiger partial charge is 0.243 e. The van der Waals surface area contributed by atoms with Crippen LogP contribution in [0.5, 0.6) is 0 Å². The van der Waals surface area contributed by atoms with Crippen molar-refractivity contribution in [1.82, 2.24) is 14.5 Å². The summed E-state index contributed by atoms with van der Waals surface area (Å²) in [6, 6.07) is 11.2. The Balaban J connectivity index is 1.82. The van der Waals surface area contributed by atoms with Gasteiger partial charge in [-0.1, -0.05) is 59.0 Å². The van der Waals surface area contributed by atoms with Crippen molar-refractivity contribution >= 4 is 46.8 Å². The number of amides is 1. The molecular weight excluding hydrogens is 364 g/mol. The van der Waals surface area contributed by atoms with E-state index in [0.717, 1.165) is 9.90 Å². The summed E-state index contributed by atoms with van der Waals surface area (Å²) in [7, 11) is 0. The van der Waals surface area contributed by atoms with Gasteiger partial charge in [0.1, 0.15) is 11.0 Å². The van der Waals surface area contributed by atoms with Crippen LogP contribution in [0.3, 0.4) is 0 Å². The van der Waals surface area contributed by atoms with Crippen LogP contribution in [0.15, 0.2) is 50.4 Å². The number of rotatable bonds is 6. The third-order valence-electron chi connectivity index (χ3n) is 3.01. The lowest BCUT2D eigenvalue weighted by Crippen LogP contribution is -2.19. The van der Waals surface area contributed by atoms with E-state index in [1.165, 1.54) is 35.1 Å². The number of hydrogen-bond donors (Lipinski definition) is 1. The van der Waals surface area contributed by atoms with E-state index >= 15 is 0 Å². The largest absolute Gasteiger partial charge is 0.360 e. The lowest BCUT2D eigenvalue weighted by molar-refractivity contribution is -0.115. The number of nitrogens with one attached hydrogen (secondary N) is 1. The van der Waals surface area contributed by atoms with E-state index < -0.39 is 5.25 Å². The summed E-state index contributed by atoms with van der Waals surface area (Å²) in [5.74, 6) is 0.865. The van der Waals surface area contributed by atoms with Gasteiger partial charge in [-0.25, -0.2) is 4.98 Å². The van der Waals surface area contributed by atoms with Crippen molar-refractivity contribution < 1.29 is 9.32 Å². The highest BCUT2D eigenvalue weighted by Gasteiger charge is 2.24. The number of benzene rings is 1. The molecule has 6 nitrogen and oxygen atoms in total. The Bertz CT molecular complexity index is 819. The maximum Gasteiger partial charge on any atom is 0.243 e. The van der Waals surface area contributed by atoms with Crippen molar-refractivity contribution in [3.63, 3.8) is 0 Å². The zero-order valence-electron chi connectivity index (χ0n) is 12.9. The summed E-state index contributed by atoms with van der Waals surface area (Å²) < 4.78 is 9.98. The zero-order valence-corrected chi connectivity index (χ0v) is 15.4. The molecule has 2 heterocycles. The van der Waals surface area contributed by atoms with Gasteiger partial charge in [-0.05, 0) is 30.3 Å². The number of nitrogens with zero attached hydrogens (tertiary/aromatic N) is 3. The second-order valence-electron chi connectivity index (χ2n) is 4.77. The Hall–Kier alpha value is -1.84. The summed E-state index contributed by atoms with van der Waals surface area (Å²) in [5, 5.41) is 6.86. The molecule has 0 aliphatic rings. The number of anilines is 1. The molecule has 0 aliphatic carbocycles. The van der Waals surface area contributed by atoms with Crippen molar-refractivity contribution in [2.45, 2.75) is 21.7 Å². The highest BCUT2D eigenvalue weighted by Crippen LogP contribution is 2.37. The van der Waals surface area contributed by atoms with Crippen LogP contribution in [-0.2, 0) is 4.79 Å². The molecule has 24 heavy (non-hydrogen) atoms. The average molecular weight is 379 g/mol. The van der Waals surface area contributed by atoms with Crippen LogP contribution in [0, 0.1) is 6.92 Å². The van der Waals surface area contributed by atoms with E-state index in [2.05, 4.69) is 19.8 Å². The first-order valence-electron chi connectivity index (χ1n) is 6.99. The maximum atomic E-state index is 12.7. The fourth-order valence-corrected chi connectivity index (χ4v) is 4.35. The lowest BCUT2D eigenvalue weighted by atomic mass is 10.1. The molecule has 0 fully saturated rings. The van der Waals surface area contributed by atoms with Crippen molar-refractivity contribution in [1.29, 1.82) is 0 Å². The Morgan fingerprint density at radius 2 is 2.12 bits per heavy atom. The summed E-state index contributed by atoms with van der Waals surface area (Å²) in [6.45, 7) is 1.78. The van der Waals surface area contributed by atoms with E-state index in [9.17, 15) is 4.79 Å². The van der Waals surface area contributed by atoms with Gasteiger partial charge < -0.3 is 9.84 Å². The Kier molecular flexibility index (Phi) is 5.54. The van der Waals surface area contributed by atoms with E-state index in [1.807, 2.05) is 36.6 Å². The van der Waals surface area contributed by atoms with Gasteiger partial charge in [0, 0.05) is 6.07 Å². The van der Waals surface area contributed by atoms with Crippen LogP contribution in [-0.4, -0.2) is 26.7 Å². The first kappa shape index (κ1) is 17.0. The number of carbonyl (C=O) groups excluding carboxylic acids is 1. The maximum absolute atomic E-state index is 12.7. The van der Waals surface area contributed by atoms with Crippen LogP contribution in [0.2, 0.25) is 0 Å². The Morgan fingerprint density at radius 1 is 1.33 bits per heavy atom. The molecule has 9 heteroatoms. The second-order valence-corrected chi connectivity index (χ2v) is 7.65. The van der Waals surface area contributed by atoms with Gasteiger partial charge in [0.25, 0.3) is 0 Å². The molecule has 1 amide bonds. The van der Waals surface area contributed by atoms with Gasteiger partial charge in [0.2, 0.25) is 11.1 Å². The topological polar surface area (TPSA) is 80.9 Å². The minimum Gasteiger partial charge on any atom is -0.360 e. The van der Waals surface area contributed by atoms with Gasteiger partial charge >= 0.3 is 0 Å². The molecule has 1 N–H and O–H groups in total. The Morgan fingerprint density at radius 3 is 2.75 bits per heavy atom. The molecule has 0 saturated carbocycles. The molecule has 0 spiro atoms. The first-order valence-corrected chi connectivity index (χ1v) is 9.87. The van der Waals surface area contributed by atoms with Crippen LogP contribution >= 0.6 is 35.1 Å². The fourth-order valence-electron chi connectivity index (χ4n) is 1.95. The minimum atomic E-state index is -0.453. The standard InChI is InChI=1S/C15H14N4O2S3/c1-9-8-11(18-21-9)16-13(20)12(10-6-4-3-5-7-10)23-15-17-14(22-2)19-24-15/h3-8,12H,1-2H3,(H,16,18,20)/t12-/m0/s1. The summed E-state index contributed by atoms with van der Waals surface area (Å²) >= 11 is 4.14. The monoisotopic (exact) mass is 378 g/mol. The Labute approximate surface area is 151 Å². The highest BCUT2D eigenvalue weighted by atomic mass is 32.2. The minimum absolute atomic E-state index is 0.180. The SMILES string of the molecule is CSc1nsc(S[C@H](C(=O)Nc2cc(C)on2)c2ccccc2)n1. The molecule has 1 aromatic carbocycles. The van der Waals surface area contributed by atoms with Crippen LogP contribution in [0.4, 0.5) is 5.82 Å². The molecular formula is C15H14N4O2S3. The van der Waals surface area contributed by atoms with Gasteiger partial charge in [-0.2, -0.15) is 4.37 Å². The summed E-state index contributed by atoms with van der Waals surface area (Å²) in [4.78, 5) is 17.1. The molecule has 0 unspecified atom stereocenters. The number of hydrogen-bond acceptors (Lipinski definition) is 8. The lowest BCUT2D eigenvalue weighted by Gasteiger charge is -2.14. The van der Waals surface area contributed by atoms with Crippen LogP contribution < -0.4 is 5.32 Å². The molecule has 124 valence electrons. The molecule has 0 radical (unpaired) electrons. The third-order valence-corrected chi connectivity index (χ3v) is 5.71. The van der Waals surface area contributed by atoms with E-state index in [0.29, 0.717) is 16.7 Å². The van der Waals surface area contributed by atoms with E-state index in [-0.39, 0.29) is 5.91 Å². The first-order chi connectivity index (χ1) is 11.7. The van der Waals surface area contributed by atoms with Crippen molar-refractivity contribution in [2.75, 3.05) is 11.6 Å². The highest BCUT2D eigenvalue weighted by molar-refractivity contribution is 8.02. The average Bonchev–Trinajstić information content (AvgIpc) is 3.22. The molecule has 1 atom stereocenters. The van der Waals surface area contributed by atoms with Gasteiger partial charge in [0.15, 0.2) is 10.2 Å². The number of aromatic nitrogens is 3. The fraction of sp³-hybridized carbons (Fsp3) is 0.200. The summed E-state index contributed by atoms with van der Waals surface area (Å²) in [5.41, 5.74) is 0.890. The normalized spacial score (nSPS) is 12.1. The van der Waals surface area contributed by atoms with Crippen LogP contribution in [0.25, 0.3) is 0 Å². The molecule has 3 rings (SSSR count). The van der Waals surface area contributed by atoms with E-state index in [4.69, 9.17) is 4.52 Å². The predicted octanol–water partition coefficient (Wildman–Crippen LogP) is 4.03. The second kappa shape index (κ2) is 7.82. The van der Waals surface area contributed by atoms with E-state index in [1.54, 1.807) is 13.0 Å². The quantitative estimate of drug-likeness (QED) is 0.649. The van der Waals surface area contributed by atoms with Gasteiger partial charge in [-0.15, -0.1) is 0 Å². The number of aryl methyl sites for hydroxylation is 1. The third kappa shape index (κ3) is 4.16. The molecule has 0 saturated heterocycles. The molecule has 0 aliphatic heterocycles. The number of thioether (sulfide) groups is 2. The zero-order chi connectivity index (χ0) is 16.9. The summed E-state index contributed by atoms with van der Waals surface area (Å²) in [6.07, 6.45) is 1.92. The van der Waals surface area contributed by atoms with Crippen molar-refractivity contribution in [3.8, 4) is 0 Å². The molecule has 0 bridgehead atoms. The van der Waals surface area contributed by atoms with Gasteiger partial charge in [-0.3, -0.25) is 4.79 Å². The molecule has 3 aromatic rings.